The third-order valence-corrected chi connectivity index (χ3v) is 3.46. The quantitative estimate of drug-likeness (QED) is 0.797. The Morgan fingerprint density at radius 2 is 1.91 bits per heavy atom. The number of aromatic amines is 1. The SMILES string of the molecule is COc1cc(OC)c(-c2cc(=O)[nH]c(=S)n2CCN)cc1F.Cl. The number of methoxy groups -OCH3 is 2. The van der Waals surface area contributed by atoms with Crippen LogP contribution in [-0.2, 0) is 6.54 Å². The van der Waals surface area contributed by atoms with E-state index in [0.717, 1.165) is 0 Å². The van der Waals surface area contributed by atoms with Crippen LogP contribution in [0.2, 0.25) is 0 Å². The number of benzene rings is 1. The molecule has 3 N–H and O–H groups in total. The molecule has 0 aliphatic heterocycles. The van der Waals surface area contributed by atoms with Crippen molar-refractivity contribution in [1.29, 1.82) is 0 Å². The van der Waals surface area contributed by atoms with Crippen LogP contribution in [-0.4, -0.2) is 30.3 Å². The van der Waals surface area contributed by atoms with E-state index in [0.29, 0.717) is 30.1 Å². The van der Waals surface area contributed by atoms with Gasteiger partial charge < -0.3 is 19.8 Å². The number of hydrogen-bond acceptors (Lipinski definition) is 5. The normalized spacial score (nSPS) is 10.1. The van der Waals surface area contributed by atoms with Gasteiger partial charge in [0.25, 0.3) is 5.56 Å². The van der Waals surface area contributed by atoms with Crippen LogP contribution in [0, 0.1) is 10.6 Å². The van der Waals surface area contributed by atoms with Crippen molar-refractivity contribution in [2.75, 3.05) is 20.8 Å². The third-order valence-electron chi connectivity index (χ3n) is 3.14. The van der Waals surface area contributed by atoms with Crippen molar-refractivity contribution < 1.29 is 13.9 Å². The number of halogens is 2. The van der Waals surface area contributed by atoms with E-state index < -0.39 is 5.82 Å². The Labute approximate surface area is 143 Å². The van der Waals surface area contributed by atoms with E-state index >= 15 is 0 Å². The van der Waals surface area contributed by atoms with Gasteiger partial charge in [0.2, 0.25) is 0 Å². The smallest absolute Gasteiger partial charge is 0.252 e. The lowest BCUT2D eigenvalue weighted by Crippen LogP contribution is -2.19. The number of rotatable bonds is 5. The second-order valence-corrected chi connectivity index (χ2v) is 4.84. The summed E-state index contributed by atoms with van der Waals surface area (Å²) in [5, 5.41) is 0. The van der Waals surface area contributed by atoms with Gasteiger partial charge in [0.15, 0.2) is 16.3 Å². The summed E-state index contributed by atoms with van der Waals surface area (Å²) in [6.07, 6.45) is 0. The lowest BCUT2D eigenvalue weighted by atomic mass is 10.1. The molecular weight excluding hydrogens is 345 g/mol. The van der Waals surface area contributed by atoms with Crippen LogP contribution in [0.1, 0.15) is 0 Å². The fourth-order valence-electron chi connectivity index (χ4n) is 2.15. The summed E-state index contributed by atoms with van der Waals surface area (Å²) < 4.78 is 26.1. The monoisotopic (exact) mass is 361 g/mol. The second-order valence-electron chi connectivity index (χ2n) is 4.45. The highest BCUT2D eigenvalue weighted by atomic mass is 35.5. The standard InChI is InChI=1S/C14H16FN3O3S.ClH/c1-20-11-7-12(21-2)9(15)5-8(11)10-6-13(19)17-14(22)18(10)4-3-16;/h5-7H,3-4,16H2,1-2H3,(H,17,19,22);1H. The molecule has 6 nitrogen and oxygen atoms in total. The molecule has 0 aliphatic rings. The minimum atomic E-state index is -0.566. The van der Waals surface area contributed by atoms with Crippen LogP contribution in [0.4, 0.5) is 4.39 Å². The molecule has 0 aliphatic carbocycles. The number of ether oxygens (including phenoxy) is 2. The van der Waals surface area contributed by atoms with E-state index in [2.05, 4.69) is 4.98 Å². The maximum absolute atomic E-state index is 14.0. The van der Waals surface area contributed by atoms with E-state index in [1.165, 1.54) is 32.4 Å². The first kappa shape index (κ1) is 19.1. The number of nitrogens with zero attached hydrogens (tertiary/aromatic N) is 1. The first-order valence-corrected chi connectivity index (χ1v) is 6.88. The Morgan fingerprint density at radius 1 is 1.26 bits per heavy atom. The molecule has 0 unspecified atom stereocenters. The highest BCUT2D eigenvalue weighted by molar-refractivity contribution is 7.71. The molecule has 0 saturated carbocycles. The highest BCUT2D eigenvalue weighted by Gasteiger charge is 2.16. The Balaban J connectivity index is 0.00000264. The van der Waals surface area contributed by atoms with Crippen LogP contribution in [0.25, 0.3) is 11.3 Å². The van der Waals surface area contributed by atoms with Gasteiger partial charge in [-0.05, 0) is 18.3 Å². The van der Waals surface area contributed by atoms with E-state index in [4.69, 9.17) is 27.4 Å². The van der Waals surface area contributed by atoms with E-state index in [-0.39, 0.29) is 28.5 Å². The Bertz CT molecular complexity index is 807. The number of hydrogen-bond donors (Lipinski definition) is 2. The topological polar surface area (TPSA) is 82.3 Å². The van der Waals surface area contributed by atoms with Crippen LogP contribution >= 0.6 is 24.6 Å². The van der Waals surface area contributed by atoms with E-state index in [1.807, 2.05) is 0 Å². The van der Waals surface area contributed by atoms with Gasteiger partial charge in [0, 0.05) is 30.8 Å². The van der Waals surface area contributed by atoms with Crippen LogP contribution in [0.15, 0.2) is 23.0 Å². The molecule has 2 aromatic rings. The molecule has 0 atom stereocenters. The van der Waals surface area contributed by atoms with Gasteiger partial charge in [-0.15, -0.1) is 12.4 Å². The maximum Gasteiger partial charge on any atom is 0.252 e. The summed E-state index contributed by atoms with van der Waals surface area (Å²) >= 11 is 5.15. The lowest BCUT2D eigenvalue weighted by Gasteiger charge is -2.16. The average molecular weight is 362 g/mol. The minimum Gasteiger partial charge on any atom is -0.496 e. The van der Waals surface area contributed by atoms with Crippen molar-refractivity contribution >= 4 is 24.6 Å². The van der Waals surface area contributed by atoms with Crippen LogP contribution < -0.4 is 20.8 Å². The van der Waals surface area contributed by atoms with Crippen molar-refractivity contribution in [3.05, 3.63) is 39.1 Å². The van der Waals surface area contributed by atoms with Gasteiger partial charge in [0.05, 0.1) is 19.9 Å². The zero-order chi connectivity index (χ0) is 16.3. The molecule has 126 valence electrons. The second kappa shape index (κ2) is 8.09. The van der Waals surface area contributed by atoms with Gasteiger partial charge in [-0.25, -0.2) is 4.39 Å². The molecule has 1 aromatic heterocycles. The first-order chi connectivity index (χ1) is 10.5. The van der Waals surface area contributed by atoms with Gasteiger partial charge >= 0.3 is 0 Å². The molecule has 1 aromatic carbocycles. The highest BCUT2D eigenvalue weighted by Crippen LogP contribution is 2.34. The number of H-pyrrole nitrogens is 1. The molecule has 0 radical (unpaired) electrons. The summed E-state index contributed by atoms with van der Waals surface area (Å²) in [4.78, 5) is 14.2. The summed E-state index contributed by atoms with van der Waals surface area (Å²) in [7, 11) is 2.81. The predicted octanol–water partition coefficient (Wildman–Crippen LogP) is 2.11. The Morgan fingerprint density at radius 3 is 2.48 bits per heavy atom. The molecule has 9 heteroatoms. The first-order valence-electron chi connectivity index (χ1n) is 6.48. The molecule has 0 amide bonds. The molecule has 2 rings (SSSR count). The van der Waals surface area contributed by atoms with Crippen molar-refractivity contribution in [2.45, 2.75) is 6.54 Å². The molecule has 1 heterocycles. The van der Waals surface area contributed by atoms with Crippen molar-refractivity contribution in [3.63, 3.8) is 0 Å². The summed E-state index contributed by atoms with van der Waals surface area (Å²) in [5.74, 6) is -0.151. The van der Waals surface area contributed by atoms with E-state index in [9.17, 15) is 9.18 Å². The third kappa shape index (κ3) is 3.90. The minimum absolute atomic E-state index is 0. The molecule has 0 bridgehead atoms. The molecular formula is C14H17ClFN3O3S. The molecule has 0 fully saturated rings. The zero-order valence-electron chi connectivity index (χ0n) is 12.6. The van der Waals surface area contributed by atoms with Crippen molar-refractivity contribution in [1.82, 2.24) is 9.55 Å². The number of nitrogens with two attached hydrogens (primary N) is 1. The molecule has 0 saturated heterocycles. The van der Waals surface area contributed by atoms with E-state index in [1.54, 1.807) is 4.57 Å². The van der Waals surface area contributed by atoms with Gasteiger partial charge in [-0.1, -0.05) is 0 Å². The van der Waals surface area contributed by atoms with Crippen LogP contribution in [0.3, 0.4) is 0 Å². The van der Waals surface area contributed by atoms with Crippen molar-refractivity contribution in [3.8, 4) is 22.8 Å². The van der Waals surface area contributed by atoms with Crippen LogP contribution in [0.5, 0.6) is 11.5 Å². The summed E-state index contributed by atoms with van der Waals surface area (Å²) in [6, 6.07) is 3.99. The van der Waals surface area contributed by atoms with Gasteiger partial charge in [-0.3, -0.25) is 9.78 Å². The molecule has 0 spiro atoms. The summed E-state index contributed by atoms with van der Waals surface area (Å²) in [5.41, 5.74) is 6.02. The Kier molecular flexibility index (Phi) is 6.74. The summed E-state index contributed by atoms with van der Waals surface area (Å²) in [6.45, 7) is 0.691. The fraction of sp³-hybridized carbons (Fsp3) is 0.286. The number of nitrogens with one attached hydrogen (secondary N) is 1. The maximum atomic E-state index is 14.0. The fourth-order valence-corrected chi connectivity index (χ4v) is 2.45. The largest absolute Gasteiger partial charge is 0.496 e. The van der Waals surface area contributed by atoms with Gasteiger partial charge in [-0.2, -0.15) is 0 Å². The predicted molar refractivity (Wildman–Crippen MR) is 90.7 cm³/mol. The number of aromatic nitrogens is 2. The lowest BCUT2D eigenvalue weighted by molar-refractivity contribution is 0.374. The zero-order valence-corrected chi connectivity index (χ0v) is 14.2. The Hall–Kier alpha value is -1.90. The molecule has 23 heavy (non-hydrogen) atoms. The average Bonchev–Trinajstić information content (AvgIpc) is 2.49. The van der Waals surface area contributed by atoms with Gasteiger partial charge in [0.1, 0.15) is 5.75 Å². The van der Waals surface area contributed by atoms with Crippen molar-refractivity contribution in [2.24, 2.45) is 5.73 Å².